The maximum Gasteiger partial charge on any atom is 0.276 e. The third-order valence-electron chi connectivity index (χ3n) is 4.13. The lowest BCUT2D eigenvalue weighted by atomic mass is 10.2. The molecule has 7 heteroatoms. The Bertz CT molecular complexity index is 881. The summed E-state index contributed by atoms with van der Waals surface area (Å²) >= 11 is 0. The second-order valence-electron chi connectivity index (χ2n) is 6.29. The quantitative estimate of drug-likeness (QED) is 0.663. The van der Waals surface area contributed by atoms with E-state index in [2.05, 4.69) is 10.3 Å². The normalized spacial score (nSPS) is 10.7. The van der Waals surface area contributed by atoms with Crippen molar-refractivity contribution in [2.45, 2.75) is 19.5 Å². The van der Waals surface area contributed by atoms with Gasteiger partial charge in [-0.3, -0.25) is 4.79 Å². The van der Waals surface area contributed by atoms with Crippen molar-refractivity contribution in [2.24, 2.45) is 5.73 Å². The zero-order chi connectivity index (χ0) is 19.1. The number of nitrogens with zero attached hydrogens (tertiary/aromatic N) is 4. The van der Waals surface area contributed by atoms with Crippen molar-refractivity contribution in [1.82, 2.24) is 19.9 Å². The molecule has 0 unspecified atom stereocenters. The highest BCUT2D eigenvalue weighted by molar-refractivity contribution is 5.91. The number of benzene rings is 2. The molecule has 0 saturated heterocycles. The number of carbonyl (C=O) groups excluding carboxylic acids is 1. The molecule has 3 rings (SSSR count). The van der Waals surface area contributed by atoms with Crippen LogP contribution in [-0.4, -0.2) is 38.9 Å². The van der Waals surface area contributed by atoms with Gasteiger partial charge in [-0.15, -0.1) is 5.10 Å². The summed E-state index contributed by atoms with van der Waals surface area (Å²) in [5.74, 6) is -0.502. The Hall–Kier alpha value is -3.06. The smallest absolute Gasteiger partial charge is 0.276 e. The molecule has 2 aromatic carbocycles. The molecule has 1 amide bonds. The Labute approximate surface area is 157 Å². The highest BCUT2D eigenvalue weighted by Crippen LogP contribution is 2.10. The molecule has 0 saturated carbocycles. The average molecular weight is 367 g/mol. The topological polar surface area (TPSA) is 77.0 Å². The summed E-state index contributed by atoms with van der Waals surface area (Å²) in [6.07, 6.45) is 2.30. The molecule has 6 nitrogen and oxygen atoms in total. The van der Waals surface area contributed by atoms with E-state index in [4.69, 9.17) is 5.73 Å². The van der Waals surface area contributed by atoms with Gasteiger partial charge < -0.3 is 10.6 Å². The van der Waals surface area contributed by atoms with Crippen LogP contribution in [0, 0.1) is 5.82 Å². The molecular weight excluding hydrogens is 345 g/mol. The minimum atomic E-state index is -0.306. The highest BCUT2D eigenvalue weighted by atomic mass is 19.1. The molecule has 2 N–H and O–H groups in total. The molecule has 140 valence electrons. The van der Waals surface area contributed by atoms with Crippen LogP contribution in [0.3, 0.4) is 0 Å². The van der Waals surface area contributed by atoms with E-state index in [1.54, 1.807) is 23.2 Å². The van der Waals surface area contributed by atoms with E-state index in [1.165, 1.54) is 16.8 Å². The Morgan fingerprint density at radius 2 is 1.89 bits per heavy atom. The van der Waals surface area contributed by atoms with Crippen molar-refractivity contribution in [3.63, 3.8) is 0 Å². The van der Waals surface area contributed by atoms with Crippen molar-refractivity contribution >= 4 is 5.91 Å². The first kappa shape index (κ1) is 18.7. The van der Waals surface area contributed by atoms with Crippen molar-refractivity contribution in [3.8, 4) is 0 Å². The molecule has 0 fully saturated rings. The molecule has 1 aromatic heterocycles. The van der Waals surface area contributed by atoms with Gasteiger partial charge in [0, 0.05) is 13.1 Å². The SMILES string of the molecule is NCCCN(Cc1ccccc1)C(=O)c1cn(Cc2cccc(F)c2)nn1. The molecular formula is C20H22FN5O. The predicted molar refractivity (Wildman–Crippen MR) is 100 cm³/mol. The zero-order valence-electron chi connectivity index (χ0n) is 15.0. The molecule has 0 atom stereocenters. The number of hydrogen-bond acceptors (Lipinski definition) is 4. The maximum absolute atomic E-state index is 13.3. The van der Waals surface area contributed by atoms with Gasteiger partial charge in [0.15, 0.2) is 5.69 Å². The number of rotatable bonds is 8. The van der Waals surface area contributed by atoms with Crippen molar-refractivity contribution in [2.75, 3.05) is 13.1 Å². The fourth-order valence-electron chi connectivity index (χ4n) is 2.80. The van der Waals surface area contributed by atoms with Gasteiger partial charge in [-0.05, 0) is 36.2 Å². The van der Waals surface area contributed by atoms with Crippen LogP contribution in [0.25, 0.3) is 0 Å². The van der Waals surface area contributed by atoms with Crippen LogP contribution in [0.2, 0.25) is 0 Å². The summed E-state index contributed by atoms with van der Waals surface area (Å²) in [7, 11) is 0. The van der Waals surface area contributed by atoms with Crippen LogP contribution in [0.5, 0.6) is 0 Å². The molecule has 1 heterocycles. The lowest BCUT2D eigenvalue weighted by Gasteiger charge is -2.21. The summed E-state index contributed by atoms with van der Waals surface area (Å²) in [6.45, 7) is 1.88. The maximum atomic E-state index is 13.3. The van der Waals surface area contributed by atoms with E-state index in [0.29, 0.717) is 32.6 Å². The number of nitrogens with two attached hydrogens (primary N) is 1. The Balaban J connectivity index is 1.72. The fourth-order valence-corrected chi connectivity index (χ4v) is 2.80. The zero-order valence-corrected chi connectivity index (χ0v) is 15.0. The van der Waals surface area contributed by atoms with Gasteiger partial charge in [0.25, 0.3) is 5.91 Å². The molecule has 0 bridgehead atoms. The Kier molecular flexibility index (Phi) is 6.27. The Morgan fingerprint density at radius 1 is 1.11 bits per heavy atom. The largest absolute Gasteiger partial charge is 0.333 e. The van der Waals surface area contributed by atoms with Crippen molar-refractivity contribution in [3.05, 3.63) is 83.4 Å². The molecule has 0 aliphatic rings. The van der Waals surface area contributed by atoms with Gasteiger partial charge in [0.05, 0.1) is 12.7 Å². The predicted octanol–water partition coefficient (Wildman–Crippen LogP) is 2.46. The standard InChI is InChI=1S/C20H22FN5O/c21-18-9-4-8-17(12-18)14-26-15-19(23-24-26)20(27)25(11-5-10-22)13-16-6-2-1-3-7-16/h1-4,6-9,12,15H,5,10-11,13-14,22H2. The Morgan fingerprint density at radius 3 is 2.63 bits per heavy atom. The van der Waals surface area contributed by atoms with Crippen LogP contribution in [-0.2, 0) is 13.1 Å². The third-order valence-corrected chi connectivity index (χ3v) is 4.13. The van der Waals surface area contributed by atoms with E-state index < -0.39 is 0 Å². The van der Waals surface area contributed by atoms with Gasteiger partial charge in [0.1, 0.15) is 5.82 Å². The van der Waals surface area contributed by atoms with E-state index in [9.17, 15) is 9.18 Å². The van der Waals surface area contributed by atoms with Gasteiger partial charge in [-0.25, -0.2) is 9.07 Å². The lowest BCUT2D eigenvalue weighted by molar-refractivity contribution is 0.0736. The van der Waals surface area contributed by atoms with Gasteiger partial charge in [-0.2, -0.15) is 0 Å². The first-order valence-electron chi connectivity index (χ1n) is 8.83. The summed E-state index contributed by atoms with van der Waals surface area (Å²) in [5, 5.41) is 8.01. The first-order chi connectivity index (χ1) is 13.2. The van der Waals surface area contributed by atoms with E-state index in [0.717, 1.165) is 11.1 Å². The number of hydrogen-bond donors (Lipinski definition) is 1. The second-order valence-corrected chi connectivity index (χ2v) is 6.29. The van der Waals surface area contributed by atoms with Crippen LogP contribution in [0.15, 0.2) is 60.8 Å². The lowest BCUT2D eigenvalue weighted by Crippen LogP contribution is -2.32. The van der Waals surface area contributed by atoms with Crippen LogP contribution in [0.1, 0.15) is 28.0 Å². The second kappa shape index (κ2) is 9.05. The monoisotopic (exact) mass is 367 g/mol. The number of aromatic nitrogens is 3. The highest BCUT2D eigenvalue weighted by Gasteiger charge is 2.19. The minimum Gasteiger partial charge on any atom is -0.333 e. The number of halogens is 1. The van der Waals surface area contributed by atoms with Crippen molar-refractivity contribution < 1.29 is 9.18 Å². The first-order valence-corrected chi connectivity index (χ1v) is 8.83. The van der Waals surface area contributed by atoms with Gasteiger partial charge >= 0.3 is 0 Å². The van der Waals surface area contributed by atoms with Crippen LogP contribution >= 0.6 is 0 Å². The summed E-state index contributed by atoms with van der Waals surface area (Å²) in [4.78, 5) is 14.6. The van der Waals surface area contributed by atoms with E-state index in [1.807, 2.05) is 30.3 Å². The number of carbonyl (C=O) groups is 1. The molecule has 3 aromatic rings. The number of amides is 1. The molecule has 0 aliphatic heterocycles. The average Bonchev–Trinajstić information content (AvgIpc) is 3.14. The molecule has 0 radical (unpaired) electrons. The van der Waals surface area contributed by atoms with Gasteiger partial charge in [0.2, 0.25) is 0 Å². The minimum absolute atomic E-state index is 0.196. The molecule has 0 aliphatic carbocycles. The van der Waals surface area contributed by atoms with Crippen LogP contribution < -0.4 is 5.73 Å². The van der Waals surface area contributed by atoms with Crippen LogP contribution in [0.4, 0.5) is 4.39 Å². The molecule has 0 spiro atoms. The summed E-state index contributed by atoms with van der Waals surface area (Å²) < 4.78 is 14.9. The third kappa shape index (κ3) is 5.21. The van der Waals surface area contributed by atoms with E-state index >= 15 is 0 Å². The summed E-state index contributed by atoms with van der Waals surface area (Å²) in [6, 6.07) is 16.0. The van der Waals surface area contributed by atoms with Crippen molar-refractivity contribution in [1.29, 1.82) is 0 Å². The molecule has 27 heavy (non-hydrogen) atoms. The van der Waals surface area contributed by atoms with E-state index in [-0.39, 0.29) is 17.4 Å². The van der Waals surface area contributed by atoms with Gasteiger partial charge in [-0.1, -0.05) is 47.7 Å². The summed E-state index contributed by atoms with van der Waals surface area (Å²) in [5.41, 5.74) is 7.66. The fraction of sp³-hybridized carbons (Fsp3) is 0.250.